The van der Waals surface area contributed by atoms with Gasteiger partial charge in [-0.15, -0.1) is 0 Å². The Hall–Kier alpha value is -1.27. The molecular formula is C14H15Cl. The van der Waals surface area contributed by atoms with Gasteiger partial charge >= 0.3 is 0 Å². The highest BCUT2D eigenvalue weighted by atomic mass is 35.5. The van der Waals surface area contributed by atoms with Crippen LogP contribution in [0.25, 0.3) is 12.2 Å². The molecule has 0 N–H and O–H groups in total. The van der Waals surface area contributed by atoms with Gasteiger partial charge < -0.3 is 0 Å². The average molecular weight is 219 g/mol. The van der Waals surface area contributed by atoms with E-state index >= 15 is 0 Å². The number of benzene rings is 1. The average Bonchev–Trinajstić information content (AvgIpc) is 2.19. The smallest absolute Gasteiger partial charge is 0.0334 e. The van der Waals surface area contributed by atoms with Gasteiger partial charge in [0.1, 0.15) is 0 Å². The van der Waals surface area contributed by atoms with E-state index in [9.17, 15) is 0 Å². The molecule has 0 fully saturated rings. The van der Waals surface area contributed by atoms with Gasteiger partial charge in [0, 0.05) is 5.03 Å². The monoisotopic (exact) mass is 218 g/mol. The van der Waals surface area contributed by atoms with E-state index in [0.29, 0.717) is 5.03 Å². The van der Waals surface area contributed by atoms with Gasteiger partial charge in [-0.05, 0) is 42.7 Å². The maximum atomic E-state index is 5.66. The number of hydrogen-bond acceptors (Lipinski definition) is 0. The summed E-state index contributed by atoms with van der Waals surface area (Å²) in [7, 11) is 0. The van der Waals surface area contributed by atoms with E-state index in [4.69, 9.17) is 11.6 Å². The van der Waals surface area contributed by atoms with Crippen molar-refractivity contribution in [2.45, 2.75) is 13.8 Å². The molecule has 0 aromatic heterocycles. The minimum Gasteiger partial charge on any atom is -0.0871 e. The van der Waals surface area contributed by atoms with Crippen molar-refractivity contribution in [3.63, 3.8) is 0 Å². The van der Waals surface area contributed by atoms with Crippen molar-refractivity contribution >= 4 is 23.8 Å². The van der Waals surface area contributed by atoms with E-state index in [0.717, 1.165) is 5.56 Å². The summed E-state index contributed by atoms with van der Waals surface area (Å²) in [5, 5.41) is 0.545. The fourth-order valence-corrected chi connectivity index (χ4v) is 1.37. The van der Waals surface area contributed by atoms with Crippen molar-refractivity contribution in [1.82, 2.24) is 0 Å². The Balaban J connectivity index is 3.02. The summed E-state index contributed by atoms with van der Waals surface area (Å²) in [6, 6.07) is 6.30. The third-order valence-corrected chi connectivity index (χ3v) is 2.23. The highest BCUT2D eigenvalue weighted by molar-refractivity contribution is 6.31. The van der Waals surface area contributed by atoms with Gasteiger partial charge in [-0.25, -0.2) is 0 Å². The lowest BCUT2D eigenvalue weighted by Crippen LogP contribution is -1.82. The second-order valence-electron chi connectivity index (χ2n) is 3.40. The van der Waals surface area contributed by atoms with Gasteiger partial charge in [0.05, 0.1) is 0 Å². The molecule has 1 rings (SSSR count). The second-order valence-corrected chi connectivity index (χ2v) is 3.88. The molecule has 1 aromatic rings. The van der Waals surface area contributed by atoms with E-state index in [-0.39, 0.29) is 0 Å². The van der Waals surface area contributed by atoms with Crippen LogP contribution in [-0.2, 0) is 0 Å². The minimum atomic E-state index is 0.545. The number of rotatable bonds is 3. The zero-order valence-corrected chi connectivity index (χ0v) is 9.88. The quantitative estimate of drug-likeness (QED) is 0.640. The Labute approximate surface area is 96.6 Å². The summed E-state index contributed by atoms with van der Waals surface area (Å²) >= 11 is 5.66. The van der Waals surface area contributed by atoms with Crippen LogP contribution in [0.2, 0.25) is 0 Å². The molecule has 0 bridgehead atoms. The molecule has 78 valence electrons. The third-order valence-electron chi connectivity index (χ3n) is 2.11. The van der Waals surface area contributed by atoms with Crippen molar-refractivity contribution in [3.8, 4) is 0 Å². The number of halogens is 1. The number of hydrogen-bond donors (Lipinski definition) is 0. The molecule has 15 heavy (non-hydrogen) atoms. The van der Waals surface area contributed by atoms with Crippen molar-refractivity contribution in [1.29, 1.82) is 0 Å². The van der Waals surface area contributed by atoms with Gasteiger partial charge in [0.2, 0.25) is 0 Å². The van der Waals surface area contributed by atoms with Gasteiger partial charge in [-0.2, -0.15) is 0 Å². The normalized spacial score (nSPS) is 11.4. The maximum absolute atomic E-state index is 5.66. The van der Waals surface area contributed by atoms with Crippen LogP contribution in [0, 0.1) is 6.92 Å². The first-order chi connectivity index (χ1) is 7.13. The third kappa shape index (κ3) is 3.77. The zero-order chi connectivity index (χ0) is 11.3. The fraction of sp³-hybridized carbons (Fsp3) is 0.143. The first-order valence-electron chi connectivity index (χ1n) is 4.89. The molecule has 0 saturated carbocycles. The van der Waals surface area contributed by atoms with Crippen molar-refractivity contribution in [2.75, 3.05) is 0 Å². The molecule has 1 heteroatoms. The largest absolute Gasteiger partial charge is 0.0871 e. The van der Waals surface area contributed by atoms with Crippen LogP contribution in [0.15, 0.2) is 42.0 Å². The molecule has 0 nitrogen and oxygen atoms in total. The van der Waals surface area contributed by atoms with Crippen LogP contribution in [0.5, 0.6) is 0 Å². The molecule has 1 aromatic carbocycles. The van der Waals surface area contributed by atoms with Gasteiger partial charge in [0.15, 0.2) is 0 Å². The second kappa shape index (κ2) is 5.57. The van der Waals surface area contributed by atoms with E-state index in [1.807, 2.05) is 19.1 Å². The van der Waals surface area contributed by atoms with Crippen LogP contribution in [-0.4, -0.2) is 0 Å². The summed E-state index contributed by atoms with van der Waals surface area (Å²) in [4.78, 5) is 0. The standard InChI is InChI=1S/C14H15Cl/c1-4-5-14-10-13(8-6-11(14)2)9-7-12(3)15/h4-10H,3H2,1-2H3/b5-4-,9-7+. The van der Waals surface area contributed by atoms with Crippen molar-refractivity contribution in [2.24, 2.45) is 0 Å². The first-order valence-corrected chi connectivity index (χ1v) is 5.27. The Morgan fingerprint density at radius 1 is 1.33 bits per heavy atom. The van der Waals surface area contributed by atoms with E-state index < -0.39 is 0 Å². The summed E-state index contributed by atoms with van der Waals surface area (Å²) in [6.07, 6.45) is 7.89. The number of allylic oxidation sites excluding steroid dienone is 3. The minimum absolute atomic E-state index is 0.545. The molecule has 0 saturated heterocycles. The lowest BCUT2D eigenvalue weighted by molar-refractivity contribution is 1.43. The van der Waals surface area contributed by atoms with Crippen molar-refractivity contribution in [3.05, 3.63) is 58.7 Å². The molecule has 0 amide bonds. The van der Waals surface area contributed by atoms with Gasteiger partial charge in [-0.3, -0.25) is 0 Å². The Bertz CT molecular complexity index is 411. The van der Waals surface area contributed by atoms with Crippen LogP contribution in [0.1, 0.15) is 23.6 Å². The summed E-state index contributed by atoms with van der Waals surface area (Å²) in [5.41, 5.74) is 3.64. The zero-order valence-electron chi connectivity index (χ0n) is 9.13. The fourth-order valence-electron chi connectivity index (χ4n) is 1.31. The molecule has 0 aliphatic heterocycles. The highest BCUT2D eigenvalue weighted by Gasteiger charge is 1.94. The summed E-state index contributed by atoms with van der Waals surface area (Å²) in [6.45, 7) is 7.73. The SMILES string of the molecule is C=C(Cl)/C=C/c1ccc(C)c(/C=C\C)c1. The molecule has 0 spiro atoms. The summed E-state index contributed by atoms with van der Waals surface area (Å²) < 4.78 is 0. The van der Waals surface area contributed by atoms with Gasteiger partial charge in [0.25, 0.3) is 0 Å². The number of aryl methyl sites for hydroxylation is 1. The maximum Gasteiger partial charge on any atom is 0.0334 e. The molecule has 0 aliphatic carbocycles. The van der Waals surface area contributed by atoms with E-state index in [2.05, 4.69) is 37.8 Å². The topological polar surface area (TPSA) is 0 Å². The Kier molecular flexibility index (Phi) is 4.38. The predicted molar refractivity (Wildman–Crippen MR) is 69.9 cm³/mol. The van der Waals surface area contributed by atoms with E-state index in [1.54, 1.807) is 6.08 Å². The predicted octanol–water partition coefficient (Wildman–Crippen LogP) is 4.79. The Morgan fingerprint density at radius 3 is 2.67 bits per heavy atom. The van der Waals surface area contributed by atoms with Crippen LogP contribution in [0.4, 0.5) is 0 Å². The van der Waals surface area contributed by atoms with E-state index in [1.165, 1.54) is 11.1 Å². The lowest BCUT2D eigenvalue weighted by Gasteiger charge is -2.01. The highest BCUT2D eigenvalue weighted by Crippen LogP contribution is 2.15. The van der Waals surface area contributed by atoms with Gasteiger partial charge in [-0.1, -0.05) is 48.5 Å². The molecule has 0 atom stereocenters. The van der Waals surface area contributed by atoms with Crippen molar-refractivity contribution < 1.29 is 0 Å². The Morgan fingerprint density at radius 2 is 2.07 bits per heavy atom. The molecular weight excluding hydrogens is 204 g/mol. The van der Waals surface area contributed by atoms with Crippen LogP contribution in [0.3, 0.4) is 0 Å². The lowest BCUT2D eigenvalue weighted by atomic mass is 10.0. The summed E-state index contributed by atoms with van der Waals surface area (Å²) in [5.74, 6) is 0. The molecule has 0 unspecified atom stereocenters. The molecule has 0 heterocycles. The molecule has 0 radical (unpaired) electrons. The molecule has 0 aliphatic rings. The van der Waals surface area contributed by atoms with Crippen LogP contribution < -0.4 is 0 Å². The van der Waals surface area contributed by atoms with Crippen LogP contribution >= 0.6 is 11.6 Å². The first kappa shape index (κ1) is 11.8.